The highest BCUT2D eigenvalue weighted by Crippen LogP contribution is 2.37. The normalized spacial score (nSPS) is 14.1. The van der Waals surface area contributed by atoms with Crippen molar-refractivity contribution in [3.8, 4) is 11.5 Å². The van der Waals surface area contributed by atoms with Gasteiger partial charge in [0.05, 0.1) is 18.6 Å². The summed E-state index contributed by atoms with van der Waals surface area (Å²) in [6.07, 6.45) is 0. The second-order valence-corrected chi connectivity index (χ2v) is 5.43. The maximum Gasteiger partial charge on any atom is 0.310 e. The Balaban J connectivity index is 2.16. The third-order valence-corrected chi connectivity index (χ3v) is 4.06. The first-order valence-corrected chi connectivity index (χ1v) is 7.23. The second kappa shape index (κ2) is 5.76. The molecule has 3 rings (SSSR count). The number of hydrogen-bond donors (Lipinski definition) is 1. The topological polar surface area (TPSA) is 72.8 Å². The van der Waals surface area contributed by atoms with Gasteiger partial charge in [0.15, 0.2) is 5.78 Å². The zero-order chi connectivity index (χ0) is 16.6. The van der Waals surface area contributed by atoms with Crippen LogP contribution in [0.15, 0.2) is 36.4 Å². The molecule has 0 amide bonds. The van der Waals surface area contributed by atoms with Gasteiger partial charge in [0.2, 0.25) is 0 Å². The summed E-state index contributed by atoms with van der Waals surface area (Å²) in [7, 11) is 1.45. The van der Waals surface area contributed by atoms with Crippen molar-refractivity contribution in [3.05, 3.63) is 58.7 Å². The molecular formula is C18H16O5. The van der Waals surface area contributed by atoms with Gasteiger partial charge in [-0.25, -0.2) is 0 Å². The molecule has 0 bridgehead atoms. The van der Waals surface area contributed by atoms with E-state index in [0.717, 1.165) is 5.56 Å². The zero-order valence-electron chi connectivity index (χ0n) is 12.8. The maximum atomic E-state index is 12.8. The molecule has 2 aromatic carbocycles. The number of carbonyl (C=O) groups excluding carboxylic acids is 1. The summed E-state index contributed by atoms with van der Waals surface area (Å²) in [5, 5.41) is 9.25. The zero-order valence-corrected chi connectivity index (χ0v) is 12.8. The largest absolute Gasteiger partial charge is 0.496 e. The Morgan fingerprint density at radius 2 is 2.00 bits per heavy atom. The van der Waals surface area contributed by atoms with Crippen molar-refractivity contribution >= 4 is 11.8 Å². The van der Waals surface area contributed by atoms with Crippen molar-refractivity contribution in [2.45, 2.75) is 19.4 Å². The molecule has 1 atom stereocenters. The van der Waals surface area contributed by atoms with E-state index < -0.39 is 11.9 Å². The molecule has 0 fully saturated rings. The molecule has 1 aliphatic rings. The maximum absolute atomic E-state index is 12.8. The summed E-state index contributed by atoms with van der Waals surface area (Å²) < 4.78 is 11.0. The van der Waals surface area contributed by atoms with E-state index in [1.165, 1.54) is 7.11 Å². The van der Waals surface area contributed by atoms with Crippen LogP contribution >= 0.6 is 0 Å². The van der Waals surface area contributed by atoms with Gasteiger partial charge in [-0.3, -0.25) is 9.59 Å². The fraction of sp³-hybridized carbons (Fsp3) is 0.222. The van der Waals surface area contributed by atoms with E-state index in [1.807, 2.05) is 12.1 Å². The number of rotatable bonds is 3. The van der Waals surface area contributed by atoms with Crippen LogP contribution < -0.4 is 9.47 Å². The van der Waals surface area contributed by atoms with Gasteiger partial charge >= 0.3 is 5.97 Å². The Morgan fingerprint density at radius 1 is 1.26 bits per heavy atom. The first kappa shape index (κ1) is 15.1. The van der Waals surface area contributed by atoms with Gasteiger partial charge in [0.1, 0.15) is 18.1 Å². The Morgan fingerprint density at radius 3 is 2.70 bits per heavy atom. The fourth-order valence-electron chi connectivity index (χ4n) is 2.69. The molecule has 0 saturated heterocycles. The summed E-state index contributed by atoms with van der Waals surface area (Å²) in [5.74, 6) is -1.13. The number of fused-ring (bicyclic) bond motifs is 2. The highest BCUT2D eigenvalue weighted by atomic mass is 16.5. The van der Waals surface area contributed by atoms with E-state index in [-0.39, 0.29) is 12.4 Å². The first-order valence-electron chi connectivity index (χ1n) is 7.23. The third-order valence-electron chi connectivity index (χ3n) is 4.06. The molecule has 1 unspecified atom stereocenters. The second-order valence-electron chi connectivity index (χ2n) is 5.43. The van der Waals surface area contributed by atoms with Crippen molar-refractivity contribution in [1.82, 2.24) is 0 Å². The van der Waals surface area contributed by atoms with Gasteiger partial charge in [0.25, 0.3) is 0 Å². The van der Waals surface area contributed by atoms with Crippen molar-refractivity contribution < 1.29 is 24.2 Å². The average Bonchev–Trinajstić information content (AvgIpc) is 2.70. The Labute approximate surface area is 133 Å². The van der Waals surface area contributed by atoms with E-state index in [2.05, 4.69) is 0 Å². The highest BCUT2D eigenvalue weighted by Gasteiger charge is 2.27. The lowest BCUT2D eigenvalue weighted by atomic mass is 9.94. The summed E-state index contributed by atoms with van der Waals surface area (Å²) in [6, 6.07) is 10.4. The molecule has 23 heavy (non-hydrogen) atoms. The summed E-state index contributed by atoms with van der Waals surface area (Å²) in [4.78, 5) is 24.0. The average molecular weight is 312 g/mol. The number of ether oxygens (including phenoxy) is 2. The molecule has 0 aromatic heterocycles. The Kier molecular flexibility index (Phi) is 3.78. The van der Waals surface area contributed by atoms with Gasteiger partial charge in [-0.15, -0.1) is 0 Å². The van der Waals surface area contributed by atoms with Crippen LogP contribution in [0.5, 0.6) is 11.5 Å². The van der Waals surface area contributed by atoms with Gasteiger partial charge < -0.3 is 14.6 Å². The van der Waals surface area contributed by atoms with Crippen LogP contribution in [0.1, 0.15) is 39.9 Å². The van der Waals surface area contributed by atoms with E-state index in [1.54, 1.807) is 31.2 Å². The number of hydrogen-bond acceptors (Lipinski definition) is 4. The minimum atomic E-state index is -0.966. The quantitative estimate of drug-likeness (QED) is 0.943. The lowest BCUT2D eigenvalue weighted by Crippen LogP contribution is -2.10. The Hall–Kier alpha value is -2.82. The van der Waals surface area contributed by atoms with Crippen LogP contribution in [0.3, 0.4) is 0 Å². The van der Waals surface area contributed by atoms with Crippen LogP contribution in [-0.4, -0.2) is 24.0 Å². The number of methoxy groups -OCH3 is 1. The fourth-order valence-corrected chi connectivity index (χ4v) is 2.69. The van der Waals surface area contributed by atoms with Crippen LogP contribution in [-0.2, 0) is 11.4 Å². The summed E-state index contributed by atoms with van der Waals surface area (Å²) >= 11 is 0. The van der Waals surface area contributed by atoms with Crippen molar-refractivity contribution in [1.29, 1.82) is 0 Å². The summed E-state index contributed by atoms with van der Waals surface area (Å²) in [6.45, 7) is 1.84. The van der Waals surface area contributed by atoms with E-state index in [9.17, 15) is 14.7 Å². The molecule has 5 nitrogen and oxygen atoms in total. The van der Waals surface area contributed by atoms with Crippen LogP contribution in [0.25, 0.3) is 0 Å². The molecule has 0 aliphatic carbocycles. The van der Waals surface area contributed by atoms with Gasteiger partial charge in [0, 0.05) is 16.7 Å². The number of ketones is 1. The Bertz CT molecular complexity index is 794. The smallest absolute Gasteiger partial charge is 0.310 e. The molecule has 1 N–H and O–H groups in total. The molecule has 1 heterocycles. The van der Waals surface area contributed by atoms with Gasteiger partial charge in [-0.2, -0.15) is 0 Å². The number of aliphatic carboxylic acids is 1. The molecule has 0 radical (unpaired) electrons. The van der Waals surface area contributed by atoms with Crippen molar-refractivity contribution in [2.75, 3.05) is 7.11 Å². The first-order chi connectivity index (χ1) is 11.0. The molecule has 0 saturated carbocycles. The number of benzene rings is 2. The molecule has 2 aromatic rings. The minimum absolute atomic E-state index is 0.152. The minimum Gasteiger partial charge on any atom is -0.496 e. The number of carbonyl (C=O) groups is 2. The molecule has 1 aliphatic heterocycles. The monoisotopic (exact) mass is 312 g/mol. The molecular weight excluding hydrogens is 296 g/mol. The summed E-state index contributed by atoms with van der Waals surface area (Å²) in [5.41, 5.74) is 2.26. The van der Waals surface area contributed by atoms with E-state index >= 15 is 0 Å². The van der Waals surface area contributed by atoms with Crippen LogP contribution in [0.2, 0.25) is 0 Å². The number of carboxylic acid groups (broad SMARTS) is 1. The molecule has 0 spiro atoms. The molecule has 5 heteroatoms. The van der Waals surface area contributed by atoms with E-state index in [0.29, 0.717) is 28.2 Å². The predicted octanol–water partition coefficient (Wildman–Crippen LogP) is 3.01. The third kappa shape index (κ3) is 2.54. The standard InChI is InChI=1S/C18H16O5/c1-10(18(20)21)13-7-16-14(8-15(13)22-2)17(19)12-6-4-3-5-11(12)9-23-16/h3-8,10H,9H2,1-2H3,(H,20,21). The highest BCUT2D eigenvalue weighted by molar-refractivity contribution is 6.12. The lowest BCUT2D eigenvalue weighted by Gasteiger charge is -2.16. The van der Waals surface area contributed by atoms with Crippen molar-refractivity contribution in [2.24, 2.45) is 0 Å². The van der Waals surface area contributed by atoms with Crippen LogP contribution in [0, 0.1) is 0 Å². The SMILES string of the molecule is COc1cc2c(cc1C(C)C(=O)O)OCc1ccccc1C2=O. The number of carboxylic acids is 1. The van der Waals surface area contributed by atoms with Crippen LogP contribution in [0.4, 0.5) is 0 Å². The van der Waals surface area contributed by atoms with Crippen molar-refractivity contribution in [3.63, 3.8) is 0 Å². The molecule has 118 valence electrons. The van der Waals surface area contributed by atoms with Gasteiger partial charge in [-0.1, -0.05) is 24.3 Å². The lowest BCUT2D eigenvalue weighted by molar-refractivity contribution is -0.138. The van der Waals surface area contributed by atoms with E-state index in [4.69, 9.17) is 9.47 Å². The predicted molar refractivity (Wildman–Crippen MR) is 83.3 cm³/mol. The van der Waals surface area contributed by atoms with Gasteiger partial charge in [-0.05, 0) is 19.1 Å².